The van der Waals surface area contributed by atoms with Crippen LogP contribution in [0.25, 0.3) is 0 Å². The van der Waals surface area contributed by atoms with Crippen molar-refractivity contribution in [2.45, 2.75) is 102 Å². The predicted molar refractivity (Wildman–Crippen MR) is 121 cm³/mol. The van der Waals surface area contributed by atoms with Gasteiger partial charge in [-0.25, -0.2) is 12.7 Å². The van der Waals surface area contributed by atoms with Gasteiger partial charge in [-0.1, -0.05) is 96.5 Å². The summed E-state index contributed by atoms with van der Waals surface area (Å²) in [6.45, 7) is 2.83. The molecule has 0 saturated heterocycles. The molecule has 0 bridgehead atoms. The first-order valence-electron chi connectivity index (χ1n) is 11.3. The molecule has 5 heteroatoms. The Bertz CT molecular complexity index is 617. The van der Waals surface area contributed by atoms with Crippen molar-refractivity contribution in [3.05, 3.63) is 24.3 Å². The Kier molecular flexibility index (Phi) is 13.3. The van der Waals surface area contributed by atoms with E-state index in [1.807, 2.05) is 0 Å². The molecule has 0 aromatic heterocycles. The quantitative estimate of drug-likeness (QED) is 0.240. The van der Waals surface area contributed by atoms with Crippen LogP contribution in [0.3, 0.4) is 0 Å². The Morgan fingerprint density at radius 3 is 1.71 bits per heavy atom. The van der Waals surface area contributed by atoms with Crippen molar-refractivity contribution in [2.24, 2.45) is 0 Å². The first kappa shape index (κ1) is 25.0. The third-order valence-electron chi connectivity index (χ3n) is 5.39. The van der Waals surface area contributed by atoms with Crippen molar-refractivity contribution in [3.8, 4) is 0 Å². The molecular weight excluding hydrogens is 368 g/mol. The van der Waals surface area contributed by atoms with E-state index in [1.165, 1.54) is 87.4 Å². The molecule has 162 valence electrons. The van der Waals surface area contributed by atoms with Crippen LogP contribution in [0.1, 0.15) is 96.8 Å². The number of anilines is 1. The summed E-state index contributed by atoms with van der Waals surface area (Å²) in [4.78, 5) is 0.278. The van der Waals surface area contributed by atoms with Crippen LogP contribution in [0.2, 0.25) is 0 Å². The Labute approximate surface area is 173 Å². The zero-order chi connectivity index (χ0) is 20.7. The van der Waals surface area contributed by atoms with Gasteiger partial charge in [0.25, 0.3) is 0 Å². The maximum atomic E-state index is 12.5. The number of rotatable bonds is 17. The summed E-state index contributed by atoms with van der Waals surface area (Å²) in [5, 5.41) is 0. The standard InChI is InChI=1S/C23H42N2O2S/c1-3-4-5-6-7-8-9-10-11-12-13-14-15-16-20-25(2)28(26,27)23-19-17-18-22(24)21-23/h17-19,21H,3-16,20,24H2,1-2H3. The Balaban J connectivity index is 2.01. The maximum absolute atomic E-state index is 12.5. The second-order valence-corrected chi connectivity index (χ2v) is 10.0. The summed E-state index contributed by atoms with van der Waals surface area (Å²) < 4.78 is 26.5. The van der Waals surface area contributed by atoms with Crippen molar-refractivity contribution < 1.29 is 8.42 Å². The molecule has 0 atom stereocenters. The van der Waals surface area contributed by atoms with Gasteiger partial charge < -0.3 is 5.73 Å². The van der Waals surface area contributed by atoms with E-state index in [0.29, 0.717) is 12.2 Å². The molecule has 0 aliphatic heterocycles. The lowest BCUT2D eigenvalue weighted by Gasteiger charge is -2.17. The fraction of sp³-hybridized carbons (Fsp3) is 0.739. The van der Waals surface area contributed by atoms with Gasteiger partial charge in [0.05, 0.1) is 4.90 Å². The van der Waals surface area contributed by atoms with Gasteiger partial charge in [0.2, 0.25) is 10.0 Å². The lowest BCUT2D eigenvalue weighted by atomic mass is 10.0. The second-order valence-electron chi connectivity index (χ2n) is 8.00. The fourth-order valence-corrected chi connectivity index (χ4v) is 4.77. The number of nitrogens with two attached hydrogens (primary N) is 1. The number of hydrogen-bond acceptors (Lipinski definition) is 3. The van der Waals surface area contributed by atoms with Crippen molar-refractivity contribution in [1.29, 1.82) is 0 Å². The minimum atomic E-state index is -3.43. The SMILES string of the molecule is CCCCCCCCCCCCCCCCN(C)S(=O)(=O)c1cccc(N)c1. The van der Waals surface area contributed by atoms with Gasteiger partial charge in [-0.3, -0.25) is 0 Å². The molecule has 1 aromatic carbocycles. The van der Waals surface area contributed by atoms with Gasteiger partial charge in [-0.2, -0.15) is 0 Å². The second kappa shape index (κ2) is 14.9. The molecule has 0 aliphatic rings. The molecule has 0 unspecified atom stereocenters. The maximum Gasteiger partial charge on any atom is 0.242 e. The number of hydrogen-bond donors (Lipinski definition) is 1. The topological polar surface area (TPSA) is 63.4 Å². The van der Waals surface area contributed by atoms with Gasteiger partial charge in [0.1, 0.15) is 0 Å². The zero-order valence-electron chi connectivity index (χ0n) is 18.2. The Morgan fingerprint density at radius 2 is 1.25 bits per heavy atom. The van der Waals surface area contributed by atoms with E-state index < -0.39 is 10.0 Å². The highest BCUT2D eigenvalue weighted by molar-refractivity contribution is 7.89. The van der Waals surface area contributed by atoms with E-state index in [-0.39, 0.29) is 4.90 Å². The summed E-state index contributed by atoms with van der Waals surface area (Å²) in [7, 11) is -1.77. The summed E-state index contributed by atoms with van der Waals surface area (Å²) >= 11 is 0. The molecule has 1 rings (SSSR count). The van der Waals surface area contributed by atoms with E-state index >= 15 is 0 Å². The van der Waals surface area contributed by atoms with Crippen molar-refractivity contribution in [2.75, 3.05) is 19.3 Å². The fourth-order valence-electron chi connectivity index (χ4n) is 3.50. The minimum absolute atomic E-state index is 0.278. The van der Waals surface area contributed by atoms with Crippen molar-refractivity contribution in [3.63, 3.8) is 0 Å². The number of benzene rings is 1. The molecule has 0 fully saturated rings. The molecule has 2 N–H and O–H groups in total. The lowest BCUT2D eigenvalue weighted by Crippen LogP contribution is -2.28. The summed E-state index contributed by atoms with van der Waals surface area (Å²) in [6, 6.07) is 6.51. The summed E-state index contributed by atoms with van der Waals surface area (Å²) in [6.07, 6.45) is 18.2. The van der Waals surface area contributed by atoms with Gasteiger partial charge in [-0.15, -0.1) is 0 Å². The van der Waals surface area contributed by atoms with E-state index in [0.717, 1.165) is 12.8 Å². The van der Waals surface area contributed by atoms with Gasteiger partial charge >= 0.3 is 0 Å². The first-order chi connectivity index (χ1) is 13.5. The summed E-state index contributed by atoms with van der Waals surface area (Å²) in [5.74, 6) is 0. The number of nitrogen functional groups attached to an aromatic ring is 1. The van der Waals surface area contributed by atoms with Crippen LogP contribution >= 0.6 is 0 Å². The molecular formula is C23H42N2O2S. The van der Waals surface area contributed by atoms with Crippen LogP contribution in [-0.2, 0) is 10.0 Å². The van der Waals surface area contributed by atoms with E-state index in [4.69, 9.17) is 5.73 Å². The molecule has 0 aliphatic carbocycles. The van der Waals surface area contributed by atoms with E-state index in [2.05, 4.69) is 6.92 Å². The third kappa shape index (κ3) is 10.5. The number of unbranched alkanes of at least 4 members (excludes halogenated alkanes) is 13. The minimum Gasteiger partial charge on any atom is -0.399 e. The smallest absolute Gasteiger partial charge is 0.242 e. The average Bonchev–Trinajstić information content (AvgIpc) is 2.68. The van der Waals surface area contributed by atoms with Crippen molar-refractivity contribution in [1.82, 2.24) is 4.31 Å². The van der Waals surface area contributed by atoms with Crippen LogP contribution < -0.4 is 5.73 Å². The highest BCUT2D eigenvalue weighted by Crippen LogP contribution is 2.18. The molecule has 0 amide bonds. The molecule has 4 nitrogen and oxygen atoms in total. The van der Waals surface area contributed by atoms with E-state index in [1.54, 1.807) is 25.2 Å². The molecule has 0 spiro atoms. The van der Waals surface area contributed by atoms with Crippen LogP contribution in [0, 0.1) is 0 Å². The van der Waals surface area contributed by atoms with Crippen LogP contribution in [-0.4, -0.2) is 26.3 Å². The number of sulfonamides is 1. The molecule has 0 radical (unpaired) electrons. The largest absolute Gasteiger partial charge is 0.399 e. The van der Waals surface area contributed by atoms with Crippen LogP contribution in [0.5, 0.6) is 0 Å². The Morgan fingerprint density at radius 1 is 0.786 bits per heavy atom. The van der Waals surface area contributed by atoms with Gasteiger partial charge in [0.15, 0.2) is 0 Å². The monoisotopic (exact) mass is 410 g/mol. The Hall–Kier alpha value is -1.07. The van der Waals surface area contributed by atoms with Crippen LogP contribution in [0.15, 0.2) is 29.2 Å². The zero-order valence-corrected chi connectivity index (χ0v) is 19.0. The third-order valence-corrected chi connectivity index (χ3v) is 7.25. The van der Waals surface area contributed by atoms with Gasteiger partial charge in [0, 0.05) is 19.3 Å². The molecule has 28 heavy (non-hydrogen) atoms. The first-order valence-corrected chi connectivity index (χ1v) is 12.7. The molecule has 0 heterocycles. The van der Waals surface area contributed by atoms with E-state index in [9.17, 15) is 8.42 Å². The average molecular weight is 411 g/mol. The van der Waals surface area contributed by atoms with Crippen LogP contribution in [0.4, 0.5) is 5.69 Å². The lowest BCUT2D eigenvalue weighted by molar-refractivity contribution is 0.447. The highest BCUT2D eigenvalue weighted by Gasteiger charge is 2.20. The summed E-state index contributed by atoms with van der Waals surface area (Å²) in [5.41, 5.74) is 6.18. The molecule has 1 aromatic rings. The molecule has 0 saturated carbocycles. The normalized spacial score (nSPS) is 12.0. The highest BCUT2D eigenvalue weighted by atomic mass is 32.2. The van der Waals surface area contributed by atoms with Gasteiger partial charge in [-0.05, 0) is 24.6 Å². The predicted octanol–water partition coefficient (Wildman–Crippen LogP) is 6.37. The van der Waals surface area contributed by atoms with Crippen molar-refractivity contribution >= 4 is 15.7 Å². The number of nitrogens with zero attached hydrogens (tertiary/aromatic N) is 1.